The van der Waals surface area contributed by atoms with Crippen molar-refractivity contribution in [2.45, 2.75) is 231 Å². The van der Waals surface area contributed by atoms with Crippen LogP contribution in [0, 0.1) is 0 Å². The van der Waals surface area contributed by atoms with Crippen LogP contribution in [0.1, 0.15) is 219 Å². The minimum Gasteiger partial charge on any atom is -0.391 e. The summed E-state index contributed by atoms with van der Waals surface area (Å²) < 4.78 is 23.6. The standard InChI is InChI=1S/C45H91N2O6P/c1-6-8-10-12-14-16-18-19-20-21-22-23-24-25-26-27-28-29-30-32-34-36-38-44(48)43(42-53-54(50,51)52-41-40-47(3,4)5)46-45(49)39-37-35-33-31-17-15-13-11-9-7-2/h11,13,43-44,48H,6-10,12,14-42H2,1-5H3,(H-,46,49,50,51)/p+1/b13-11-. The molecule has 0 radical (unpaired) electrons. The van der Waals surface area contributed by atoms with Crippen LogP contribution in [0.2, 0.25) is 0 Å². The van der Waals surface area contributed by atoms with Crippen molar-refractivity contribution in [1.29, 1.82) is 0 Å². The molecular weight excluding hydrogens is 695 g/mol. The number of hydrogen-bond acceptors (Lipinski definition) is 5. The summed E-state index contributed by atoms with van der Waals surface area (Å²) in [6, 6.07) is -0.759. The fraction of sp³-hybridized carbons (Fsp3) is 0.933. The molecular formula is C45H92N2O6P+. The fourth-order valence-corrected chi connectivity index (χ4v) is 7.55. The maximum absolute atomic E-state index is 12.8. The molecule has 0 heterocycles. The zero-order valence-corrected chi connectivity index (χ0v) is 37.4. The summed E-state index contributed by atoms with van der Waals surface area (Å²) in [4.78, 5) is 23.1. The van der Waals surface area contributed by atoms with Crippen molar-refractivity contribution < 1.29 is 32.9 Å². The molecule has 9 heteroatoms. The topological polar surface area (TPSA) is 105 Å². The van der Waals surface area contributed by atoms with Gasteiger partial charge in [-0.25, -0.2) is 4.57 Å². The average Bonchev–Trinajstić information content (AvgIpc) is 3.12. The van der Waals surface area contributed by atoms with Gasteiger partial charge in [0.05, 0.1) is 39.9 Å². The second-order valence-electron chi connectivity index (χ2n) is 17.1. The van der Waals surface area contributed by atoms with Gasteiger partial charge in [0.25, 0.3) is 0 Å². The van der Waals surface area contributed by atoms with Gasteiger partial charge in [0.2, 0.25) is 5.91 Å². The summed E-state index contributed by atoms with van der Waals surface area (Å²) in [5.74, 6) is -0.155. The Kier molecular flexibility index (Phi) is 37.3. The summed E-state index contributed by atoms with van der Waals surface area (Å²) >= 11 is 0. The Morgan fingerprint density at radius 3 is 1.50 bits per heavy atom. The lowest BCUT2D eigenvalue weighted by molar-refractivity contribution is -0.870. The van der Waals surface area contributed by atoms with Crippen molar-refractivity contribution in [3.05, 3.63) is 12.2 Å². The Bertz CT molecular complexity index is 896. The van der Waals surface area contributed by atoms with Crippen LogP contribution in [0.25, 0.3) is 0 Å². The second-order valence-corrected chi connectivity index (χ2v) is 18.6. The van der Waals surface area contributed by atoms with Crippen LogP contribution < -0.4 is 5.32 Å². The van der Waals surface area contributed by atoms with Crippen LogP contribution in [0.4, 0.5) is 0 Å². The summed E-state index contributed by atoms with van der Waals surface area (Å²) in [5, 5.41) is 13.9. The molecule has 0 saturated heterocycles. The molecule has 0 aromatic carbocycles. The van der Waals surface area contributed by atoms with E-state index in [1.807, 2.05) is 21.1 Å². The lowest BCUT2D eigenvalue weighted by atomic mass is 10.0. The zero-order chi connectivity index (χ0) is 40.0. The van der Waals surface area contributed by atoms with Crippen molar-refractivity contribution in [2.75, 3.05) is 40.9 Å². The lowest BCUT2D eigenvalue weighted by Gasteiger charge is -2.26. The molecule has 54 heavy (non-hydrogen) atoms. The number of amides is 1. The summed E-state index contributed by atoms with van der Waals surface area (Å²) in [7, 11) is 1.62. The molecule has 3 atom stereocenters. The number of rotatable bonds is 42. The zero-order valence-electron chi connectivity index (χ0n) is 36.5. The van der Waals surface area contributed by atoms with Gasteiger partial charge in [-0.05, 0) is 32.1 Å². The molecule has 0 aliphatic rings. The number of aliphatic hydroxyl groups excluding tert-OH is 1. The van der Waals surface area contributed by atoms with E-state index in [2.05, 4.69) is 31.3 Å². The summed E-state index contributed by atoms with van der Waals surface area (Å²) in [6.07, 6.45) is 42.5. The van der Waals surface area contributed by atoms with Crippen LogP contribution in [-0.4, -0.2) is 73.4 Å². The van der Waals surface area contributed by atoms with Crippen LogP contribution in [0.5, 0.6) is 0 Å². The minimum atomic E-state index is -4.31. The SMILES string of the molecule is CCC/C=C\CCCCCCCC(=O)NC(COP(=O)(O)OCC[N+](C)(C)C)C(O)CCCCCCCCCCCCCCCCCCCCCCCC. The molecule has 0 aliphatic carbocycles. The maximum Gasteiger partial charge on any atom is 0.472 e. The number of unbranched alkanes of at least 4 members (excludes halogenated alkanes) is 27. The first-order valence-electron chi connectivity index (χ1n) is 23.1. The molecule has 0 bridgehead atoms. The predicted octanol–water partition coefficient (Wildman–Crippen LogP) is 12.8. The third-order valence-corrected chi connectivity index (χ3v) is 11.5. The van der Waals surface area contributed by atoms with Crippen LogP contribution in [0.15, 0.2) is 12.2 Å². The number of phosphoric acid groups is 1. The molecule has 3 N–H and O–H groups in total. The van der Waals surface area contributed by atoms with Gasteiger partial charge in [-0.3, -0.25) is 13.8 Å². The van der Waals surface area contributed by atoms with Gasteiger partial charge in [0.1, 0.15) is 13.2 Å². The molecule has 0 aromatic heterocycles. The Hall–Kier alpha value is -0.760. The minimum absolute atomic E-state index is 0.0748. The first-order chi connectivity index (χ1) is 26.0. The molecule has 3 unspecified atom stereocenters. The fourth-order valence-electron chi connectivity index (χ4n) is 6.81. The molecule has 0 aliphatic heterocycles. The van der Waals surface area contributed by atoms with Crippen LogP contribution >= 0.6 is 7.82 Å². The molecule has 0 fully saturated rings. The average molecular weight is 788 g/mol. The highest BCUT2D eigenvalue weighted by molar-refractivity contribution is 7.47. The number of nitrogens with zero attached hydrogens (tertiary/aromatic N) is 1. The molecule has 0 spiro atoms. The van der Waals surface area contributed by atoms with E-state index in [-0.39, 0.29) is 19.1 Å². The first-order valence-corrected chi connectivity index (χ1v) is 24.5. The number of aliphatic hydroxyl groups is 1. The van der Waals surface area contributed by atoms with Crippen LogP contribution in [-0.2, 0) is 18.4 Å². The highest BCUT2D eigenvalue weighted by atomic mass is 31.2. The molecule has 0 rings (SSSR count). The van der Waals surface area contributed by atoms with E-state index >= 15 is 0 Å². The van der Waals surface area contributed by atoms with E-state index in [9.17, 15) is 19.4 Å². The molecule has 0 saturated carbocycles. The second kappa shape index (κ2) is 37.8. The van der Waals surface area contributed by atoms with Gasteiger partial charge in [-0.2, -0.15) is 0 Å². The van der Waals surface area contributed by atoms with Gasteiger partial charge < -0.3 is 19.8 Å². The van der Waals surface area contributed by atoms with Crippen molar-refractivity contribution >= 4 is 13.7 Å². The molecule has 322 valence electrons. The Labute approximate surface area is 335 Å². The van der Waals surface area contributed by atoms with Crippen molar-refractivity contribution in [3.63, 3.8) is 0 Å². The van der Waals surface area contributed by atoms with E-state index in [1.165, 1.54) is 135 Å². The Morgan fingerprint density at radius 1 is 0.611 bits per heavy atom. The summed E-state index contributed by atoms with van der Waals surface area (Å²) in [5.41, 5.74) is 0. The quantitative estimate of drug-likeness (QED) is 0.0246. The van der Waals surface area contributed by atoms with E-state index in [0.29, 0.717) is 23.9 Å². The predicted molar refractivity (Wildman–Crippen MR) is 231 cm³/mol. The van der Waals surface area contributed by atoms with Gasteiger partial charge >= 0.3 is 7.82 Å². The van der Waals surface area contributed by atoms with E-state index in [1.54, 1.807) is 0 Å². The smallest absolute Gasteiger partial charge is 0.391 e. The maximum atomic E-state index is 12.8. The van der Waals surface area contributed by atoms with Gasteiger partial charge in [-0.1, -0.05) is 193 Å². The van der Waals surface area contributed by atoms with Crippen molar-refractivity contribution in [1.82, 2.24) is 5.32 Å². The van der Waals surface area contributed by atoms with E-state index < -0.39 is 20.0 Å². The number of quaternary nitrogens is 1. The van der Waals surface area contributed by atoms with Crippen LogP contribution in [0.3, 0.4) is 0 Å². The number of nitrogens with one attached hydrogen (secondary N) is 1. The third-order valence-electron chi connectivity index (χ3n) is 10.5. The highest BCUT2D eigenvalue weighted by Crippen LogP contribution is 2.43. The van der Waals surface area contributed by atoms with E-state index in [4.69, 9.17) is 9.05 Å². The van der Waals surface area contributed by atoms with Crippen molar-refractivity contribution in [3.8, 4) is 0 Å². The lowest BCUT2D eigenvalue weighted by Crippen LogP contribution is -2.46. The van der Waals surface area contributed by atoms with Gasteiger partial charge in [0, 0.05) is 6.42 Å². The van der Waals surface area contributed by atoms with Gasteiger partial charge in [0.15, 0.2) is 0 Å². The number of carbonyl (C=O) groups is 1. The molecule has 1 amide bonds. The molecule has 0 aromatic rings. The summed E-state index contributed by atoms with van der Waals surface area (Å²) in [6.45, 7) is 4.83. The van der Waals surface area contributed by atoms with Crippen molar-refractivity contribution in [2.24, 2.45) is 0 Å². The monoisotopic (exact) mass is 788 g/mol. The number of phosphoric ester groups is 1. The Morgan fingerprint density at radius 2 is 1.04 bits per heavy atom. The Balaban J connectivity index is 4.20. The number of carbonyl (C=O) groups excluding carboxylic acids is 1. The van der Waals surface area contributed by atoms with E-state index in [0.717, 1.165) is 57.8 Å². The van der Waals surface area contributed by atoms with Gasteiger partial charge in [-0.15, -0.1) is 0 Å². The first kappa shape index (κ1) is 53.2. The number of hydrogen-bond donors (Lipinski definition) is 3. The highest BCUT2D eigenvalue weighted by Gasteiger charge is 2.28. The number of likely N-dealkylation sites (N-methyl/N-ethyl adjacent to an activating group) is 1. The normalized spacial score (nSPS) is 14.4. The third kappa shape index (κ3) is 39.5. The molecule has 8 nitrogen and oxygen atoms in total. The number of allylic oxidation sites excluding steroid dienone is 2. The largest absolute Gasteiger partial charge is 0.472 e.